The third-order valence-corrected chi connectivity index (χ3v) is 4.30. The Hall–Kier alpha value is -3.54. The van der Waals surface area contributed by atoms with Gasteiger partial charge in [0.15, 0.2) is 0 Å². The number of ether oxygens (including phenoxy) is 2. The van der Waals surface area contributed by atoms with Crippen molar-refractivity contribution in [3.63, 3.8) is 0 Å². The van der Waals surface area contributed by atoms with Gasteiger partial charge in [0, 0.05) is 11.8 Å². The first-order chi connectivity index (χ1) is 13.6. The number of nitrogens with one attached hydrogen (secondary N) is 2. The van der Waals surface area contributed by atoms with Gasteiger partial charge in [0.2, 0.25) is 0 Å². The number of benzene rings is 2. The number of hydrogen-bond donors (Lipinski definition) is 2. The first kappa shape index (κ1) is 19.2. The SMILES string of the molecule is CCc1ccc(Nc2ccc(C(=O)Nc3cc(OC)ccc3OC)nc2)cc1. The summed E-state index contributed by atoms with van der Waals surface area (Å²) in [4.78, 5) is 16.8. The molecule has 0 fully saturated rings. The fourth-order valence-electron chi connectivity index (χ4n) is 2.69. The molecule has 1 heterocycles. The van der Waals surface area contributed by atoms with E-state index in [9.17, 15) is 4.79 Å². The van der Waals surface area contributed by atoms with Crippen LogP contribution >= 0.6 is 0 Å². The molecule has 28 heavy (non-hydrogen) atoms. The van der Waals surface area contributed by atoms with Crippen LogP contribution in [0.2, 0.25) is 0 Å². The molecule has 0 radical (unpaired) electrons. The van der Waals surface area contributed by atoms with Crippen LogP contribution in [0, 0.1) is 0 Å². The summed E-state index contributed by atoms with van der Waals surface area (Å²) < 4.78 is 10.5. The molecule has 0 unspecified atom stereocenters. The van der Waals surface area contributed by atoms with Crippen molar-refractivity contribution in [1.29, 1.82) is 0 Å². The lowest BCUT2D eigenvalue weighted by atomic mass is 10.1. The van der Waals surface area contributed by atoms with E-state index < -0.39 is 0 Å². The number of aryl methyl sites for hydroxylation is 1. The first-order valence-electron chi connectivity index (χ1n) is 8.98. The van der Waals surface area contributed by atoms with E-state index in [2.05, 4.69) is 34.7 Å². The van der Waals surface area contributed by atoms with E-state index >= 15 is 0 Å². The number of hydrogen-bond acceptors (Lipinski definition) is 5. The molecule has 0 saturated heterocycles. The minimum atomic E-state index is -0.328. The molecule has 3 aromatic rings. The Morgan fingerprint density at radius 3 is 2.32 bits per heavy atom. The van der Waals surface area contributed by atoms with Gasteiger partial charge in [-0.15, -0.1) is 0 Å². The molecule has 0 saturated carbocycles. The van der Waals surface area contributed by atoms with Crippen LogP contribution in [-0.4, -0.2) is 25.1 Å². The minimum Gasteiger partial charge on any atom is -0.497 e. The number of carbonyl (C=O) groups excluding carboxylic acids is 1. The lowest BCUT2D eigenvalue weighted by Gasteiger charge is -2.12. The molecular weight excluding hydrogens is 354 g/mol. The summed E-state index contributed by atoms with van der Waals surface area (Å²) in [5, 5.41) is 6.08. The van der Waals surface area contributed by atoms with E-state index in [0.717, 1.165) is 17.8 Å². The summed E-state index contributed by atoms with van der Waals surface area (Å²) in [6, 6.07) is 16.9. The molecule has 0 spiro atoms. The number of amides is 1. The summed E-state index contributed by atoms with van der Waals surface area (Å²) in [6.07, 6.45) is 2.63. The van der Waals surface area contributed by atoms with Gasteiger partial charge in [-0.2, -0.15) is 0 Å². The standard InChI is InChI=1S/C22H23N3O3/c1-4-15-5-7-16(8-6-15)24-17-9-11-19(23-14-17)22(26)25-20-13-18(27-2)10-12-21(20)28-3/h5-14,24H,4H2,1-3H3,(H,25,26). The van der Waals surface area contributed by atoms with E-state index in [4.69, 9.17) is 9.47 Å². The largest absolute Gasteiger partial charge is 0.497 e. The molecule has 0 aliphatic rings. The van der Waals surface area contributed by atoms with Gasteiger partial charge in [-0.1, -0.05) is 19.1 Å². The highest BCUT2D eigenvalue weighted by Gasteiger charge is 2.12. The van der Waals surface area contributed by atoms with Gasteiger partial charge in [-0.05, 0) is 48.4 Å². The molecule has 6 nitrogen and oxygen atoms in total. The van der Waals surface area contributed by atoms with Gasteiger partial charge in [0.25, 0.3) is 5.91 Å². The van der Waals surface area contributed by atoms with E-state index in [1.165, 1.54) is 5.56 Å². The zero-order chi connectivity index (χ0) is 19.9. The lowest BCUT2D eigenvalue weighted by molar-refractivity contribution is 0.102. The predicted molar refractivity (Wildman–Crippen MR) is 111 cm³/mol. The Labute approximate surface area is 164 Å². The van der Waals surface area contributed by atoms with Gasteiger partial charge < -0.3 is 20.1 Å². The number of anilines is 3. The van der Waals surface area contributed by atoms with Crippen LogP contribution in [-0.2, 0) is 6.42 Å². The summed E-state index contributed by atoms with van der Waals surface area (Å²) in [5.74, 6) is 0.839. The van der Waals surface area contributed by atoms with Crippen molar-refractivity contribution >= 4 is 23.0 Å². The molecule has 0 bridgehead atoms. The molecule has 144 valence electrons. The molecule has 0 atom stereocenters. The van der Waals surface area contributed by atoms with Crippen molar-refractivity contribution in [2.45, 2.75) is 13.3 Å². The van der Waals surface area contributed by atoms with Gasteiger partial charge in [-0.3, -0.25) is 4.79 Å². The van der Waals surface area contributed by atoms with Gasteiger partial charge >= 0.3 is 0 Å². The van der Waals surface area contributed by atoms with Crippen LogP contribution in [0.3, 0.4) is 0 Å². The Balaban J connectivity index is 1.69. The second-order valence-corrected chi connectivity index (χ2v) is 6.13. The zero-order valence-corrected chi connectivity index (χ0v) is 16.2. The van der Waals surface area contributed by atoms with Crippen LogP contribution in [0.5, 0.6) is 11.5 Å². The number of aromatic nitrogens is 1. The molecule has 0 aliphatic heterocycles. The van der Waals surface area contributed by atoms with Crippen LogP contribution < -0.4 is 20.1 Å². The Kier molecular flexibility index (Phi) is 6.11. The van der Waals surface area contributed by atoms with E-state index in [0.29, 0.717) is 22.9 Å². The molecule has 2 N–H and O–H groups in total. The smallest absolute Gasteiger partial charge is 0.274 e. The molecule has 6 heteroatoms. The second kappa shape index (κ2) is 8.90. The number of rotatable bonds is 7. The average molecular weight is 377 g/mol. The van der Waals surface area contributed by atoms with E-state index in [1.807, 2.05) is 18.2 Å². The number of pyridine rings is 1. The molecule has 1 amide bonds. The molecule has 3 rings (SSSR count). The normalized spacial score (nSPS) is 10.2. The fourth-order valence-corrected chi connectivity index (χ4v) is 2.69. The quantitative estimate of drug-likeness (QED) is 0.627. The Morgan fingerprint density at radius 2 is 1.71 bits per heavy atom. The predicted octanol–water partition coefficient (Wildman–Crippen LogP) is 4.66. The van der Waals surface area contributed by atoms with Crippen LogP contribution in [0.4, 0.5) is 17.1 Å². The summed E-state index contributed by atoms with van der Waals surface area (Å²) >= 11 is 0. The van der Waals surface area contributed by atoms with Crippen molar-refractivity contribution in [2.24, 2.45) is 0 Å². The zero-order valence-electron chi connectivity index (χ0n) is 16.2. The maximum Gasteiger partial charge on any atom is 0.274 e. The third kappa shape index (κ3) is 4.59. The Morgan fingerprint density at radius 1 is 0.964 bits per heavy atom. The van der Waals surface area contributed by atoms with Gasteiger partial charge in [0.1, 0.15) is 17.2 Å². The topological polar surface area (TPSA) is 72.5 Å². The summed E-state index contributed by atoms with van der Waals surface area (Å²) in [6.45, 7) is 2.12. The van der Waals surface area contributed by atoms with Crippen molar-refractivity contribution in [2.75, 3.05) is 24.9 Å². The fraction of sp³-hybridized carbons (Fsp3) is 0.182. The minimum absolute atomic E-state index is 0.303. The highest BCUT2D eigenvalue weighted by atomic mass is 16.5. The maximum absolute atomic E-state index is 12.5. The first-order valence-corrected chi connectivity index (χ1v) is 8.98. The molecule has 0 aliphatic carbocycles. The molecule has 1 aromatic heterocycles. The molecular formula is C22H23N3O3. The van der Waals surface area contributed by atoms with E-state index in [1.54, 1.807) is 44.7 Å². The Bertz CT molecular complexity index is 938. The maximum atomic E-state index is 12.5. The van der Waals surface area contributed by atoms with Crippen LogP contribution in [0.25, 0.3) is 0 Å². The highest BCUT2D eigenvalue weighted by Crippen LogP contribution is 2.29. The van der Waals surface area contributed by atoms with Crippen molar-refractivity contribution in [1.82, 2.24) is 4.98 Å². The number of methoxy groups -OCH3 is 2. The monoisotopic (exact) mass is 377 g/mol. The van der Waals surface area contributed by atoms with Crippen molar-refractivity contribution < 1.29 is 14.3 Å². The highest BCUT2D eigenvalue weighted by molar-refractivity contribution is 6.03. The van der Waals surface area contributed by atoms with Crippen LogP contribution in [0.1, 0.15) is 23.0 Å². The van der Waals surface area contributed by atoms with Gasteiger partial charge in [-0.25, -0.2) is 4.98 Å². The summed E-state index contributed by atoms with van der Waals surface area (Å²) in [5.41, 5.74) is 3.88. The van der Waals surface area contributed by atoms with Gasteiger partial charge in [0.05, 0.1) is 31.8 Å². The average Bonchev–Trinajstić information content (AvgIpc) is 2.74. The van der Waals surface area contributed by atoms with Crippen LogP contribution in [0.15, 0.2) is 60.8 Å². The van der Waals surface area contributed by atoms with Crippen molar-refractivity contribution in [3.8, 4) is 11.5 Å². The third-order valence-electron chi connectivity index (χ3n) is 4.30. The van der Waals surface area contributed by atoms with Crippen molar-refractivity contribution in [3.05, 3.63) is 72.1 Å². The number of carbonyl (C=O) groups is 1. The second-order valence-electron chi connectivity index (χ2n) is 6.13. The number of nitrogens with zero attached hydrogens (tertiary/aromatic N) is 1. The van der Waals surface area contributed by atoms with E-state index in [-0.39, 0.29) is 5.91 Å². The summed E-state index contributed by atoms with van der Waals surface area (Å²) in [7, 11) is 3.11. The lowest BCUT2D eigenvalue weighted by Crippen LogP contribution is -2.14. The molecule has 2 aromatic carbocycles.